The van der Waals surface area contributed by atoms with E-state index in [1.165, 1.54) is 11.1 Å². The third kappa shape index (κ3) is 13.8. The maximum absolute atomic E-state index is 5.99. The van der Waals surface area contributed by atoms with Crippen LogP contribution in [0.15, 0.2) is 72.8 Å². The van der Waals surface area contributed by atoms with E-state index in [1.807, 2.05) is 38.1 Å². The summed E-state index contributed by atoms with van der Waals surface area (Å²) in [5.41, 5.74) is 9.25. The van der Waals surface area contributed by atoms with E-state index >= 15 is 0 Å². The molecule has 4 aromatic rings. The summed E-state index contributed by atoms with van der Waals surface area (Å²) in [5, 5.41) is 0. The molecular weight excluding hydrogens is 656 g/mol. The van der Waals surface area contributed by atoms with Gasteiger partial charge in [-0.05, 0) is 135 Å². The van der Waals surface area contributed by atoms with E-state index in [0.717, 1.165) is 75.8 Å². The van der Waals surface area contributed by atoms with Gasteiger partial charge in [-0.1, -0.05) is 24.3 Å². The van der Waals surface area contributed by atoms with Gasteiger partial charge in [0, 0.05) is 54.5 Å². The summed E-state index contributed by atoms with van der Waals surface area (Å²) in [7, 11) is 6.79. The van der Waals surface area contributed by atoms with Crippen LogP contribution >= 0.6 is 0 Å². The number of methoxy groups -OCH3 is 4. The van der Waals surface area contributed by atoms with Crippen molar-refractivity contribution in [2.24, 2.45) is 0 Å². The third-order valence-electron chi connectivity index (χ3n) is 8.55. The molecule has 0 saturated heterocycles. The van der Waals surface area contributed by atoms with Gasteiger partial charge >= 0.3 is 0 Å². The van der Waals surface area contributed by atoms with E-state index in [0.29, 0.717) is 33.0 Å². The van der Waals surface area contributed by atoms with Gasteiger partial charge in [0.2, 0.25) is 0 Å². The lowest BCUT2D eigenvalue weighted by Crippen LogP contribution is -2.16. The number of aryl methyl sites for hydroxylation is 4. The van der Waals surface area contributed by atoms with E-state index in [2.05, 4.69) is 76.2 Å². The second-order valence-corrected chi connectivity index (χ2v) is 13.0. The van der Waals surface area contributed by atoms with Gasteiger partial charge in [0.05, 0.1) is 25.4 Å². The summed E-state index contributed by atoms with van der Waals surface area (Å²) < 4.78 is 43.9. The fourth-order valence-corrected chi connectivity index (χ4v) is 5.50. The molecular formula is C44H60O8. The molecule has 0 fully saturated rings. The minimum absolute atomic E-state index is 0.0696. The van der Waals surface area contributed by atoms with Crippen LogP contribution in [0.2, 0.25) is 0 Å². The topological polar surface area (TPSA) is 73.8 Å². The van der Waals surface area contributed by atoms with Crippen LogP contribution in [-0.2, 0) is 18.9 Å². The Labute approximate surface area is 312 Å². The van der Waals surface area contributed by atoms with Gasteiger partial charge in [0.15, 0.2) is 0 Å². The smallest absolute Gasteiger partial charge is 0.125 e. The van der Waals surface area contributed by atoms with Crippen LogP contribution in [-0.4, -0.2) is 80.3 Å². The van der Waals surface area contributed by atoms with Crippen molar-refractivity contribution in [1.29, 1.82) is 0 Å². The molecule has 4 aromatic carbocycles. The molecule has 2 atom stereocenters. The van der Waals surface area contributed by atoms with Gasteiger partial charge in [-0.15, -0.1) is 0 Å². The Hall–Kier alpha value is -4.08. The first-order valence-electron chi connectivity index (χ1n) is 18.1. The lowest BCUT2D eigenvalue weighted by atomic mass is 9.96. The molecule has 284 valence electrons. The molecule has 0 heterocycles. The van der Waals surface area contributed by atoms with Crippen LogP contribution in [0, 0.1) is 27.7 Å². The molecule has 52 heavy (non-hydrogen) atoms. The zero-order chi connectivity index (χ0) is 37.9. The van der Waals surface area contributed by atoms with Crippen LogP contribution < -0.4 is 18.9 Å². The van der Waals surface area contributed by atoms with Gasteiger partial charge in [0.1, 0.15) is 36.2 Å². The zero-order valence-electron chi connectivity index (χ0n) is 33.0. The SMILES string of the molecule is COCCCOc1c(C)cc(-c2cc(C)c(OCC(C)OC)c(C)c2)cc1C.COCCCOc1ccc(-c2ccc(OCC(C)OC)cc2)cc1. The summed E-state index contributed by atoms with van der Waals surface area (Å²) in [5.74, 6) is 3.64. The van der Waals surface area contributed by atoms with E-state index in [4.69, 9.17) is 37.9 Å². The Bertz CT molecular complexity index is 1550. The van der Waals surface area contributed by atoms with Gasteiger partial charge in [-0.25, -0.2) is 0 Å². The molecule has 0 saturated carbocycles. The van der Waals surface area contributed by atoms with Crippen molar-refractivity contribution < 1.29 is 37.9 Å². The highest BCUT2D eigenvalue weighted by Crippen LogP contribution is 2.34. The summed E-state index contributed by atoms with van der Waals surface area (Å²) >= 11 is 0. The Kier molecular flexibility index (Phi) is 18.5. The molecule has 2 unspecified atom stereocenters. The number of rotatable bonds is 20. The predicted octanol–water partition coefficient (Wildman–Crippen LogP) is 9.60. The van der Waals surface area contributed by atoms with Crippen molar-refractivity contribution in [3.63, 3.8) is 0 Å². The molecule has 0 aliphatic heterocycles. The quantitative estimate of drug-likeness (QED) is 0.0838. The van der Waals surface area contributed by atoms with Gasteiger partial charge in [-0.3, -0.25) is 0 Å². The molecule has 8 nitrogen and oxygen atoms in total. The Balaban J connectivity index is 0.000000284. The fourth-order valence-electron chi connectivity index (χ4n) is 5.50. The average molecular weight is 717 g/mol. The van der Waals surface area contributed by atoms with Gasteiger partial charge in [-0.2, -0.15) is 0 Å². The van der Waals surface area contributed by atoms with Crippen molar-refractivity contribution in [1.82, 2.24) is 0 Å². The first-order chi connectivity index (χ1) is 25.1. The lowest BCUT2D eigenvalue weighted by Gasteiger charge is -2.18. The molecule has 0 aromatic heterocycles. The van der Waals surface area contributed by atoms with Gasteiger partial charge < -0.3 is 37.9 Å². The molecule has 0 N–H and O–H groups in total. The van der Waals surface area contributed by atoms with Crippen LogP contribution in [0.4, 0.5) is 0 Å². The standard InChI is InChI=1S/C24H34O4.C20H26O4/c1-16-11-21(12-17(2)23(16)27-10-8-9-25-6)22-13-18(3)24(19(4)14-22)28-15-20(5)26-7;1-16(22-3)15-24-20-11-7-18(8-12-20)17-5-9-19(10-6-17)23-14-4-13-21-2/h11-14,20H,8-10,15H2,1-7H3;5-12,16H,4,13-15H2,1-3H3. The van der Waals surface area contributed by atoms with Crippen LogP contribution in [0.25, 0.3) is 22.3 Å². The van der Waals surface area contributed by atoms with Crippen molar-refractivity contribution >= 4 is 0 Å². The van der Waals surface area contributed by atoms with Crippen molar-refractivity contribution in [2.75, 3.05) is 68.1 Å². The maximum atomic E-state index is 5.99. The highest BCUT2D eigenvalue weighted by atomic mass is 16.5. The second kappa shape index (κ2) is 22.8. The number of hydrogen-bond acceptors (Lipinski definition) is 8. The summed E-state index contributed by atoms with van der Waals surface area (Å²) in [4.78, 5) is 0. The summed E-state index contributed by atoms with van der Waals surface area (Å²) in [6.07, 6.45) is 1.93. The Morgan fingerprint density at radius 3 is 1.19 bits per heavy atom. The van der Waals surface area contributed by atoms with E-state index in [1.54, 1.807) is 28.4 Å². The van der Waals surface area contributed by atoms with Crippen molar-refractivity contribution in [3.8, 4) is 45.3 Å². The van der Waals surface area contributed by atoms with Crippen LogP contribution in [0.1, 0.15) is 48.9 Å². The molecule has 0 amide bonds. The Morgan fingerprint density at radius 1 is 0.423 bits per heavy atom. The van der Waals surface area contributed by atoms with Crippen LogP contribution in [0.3, 0.4) is 0 Å². The van der Waals surface area contributed by atoms with Crippen LogP contribution in [0.5, 0.6) is 23.0 Å². The second-order valence-electron chi connectivity index (χ2n) is 13.0. The number of benzene rings is 4. The Morgan fingerprint density at radius 2 is 0.788 bits per heavy atom. The fraction of sp³-hybridized carbons (Fsp3) is 0.455. The lowest BCUT2D eigenvalue weighted by molar-refractivity contribution is 0.0712. The number of hydrogen-bond donors (Lipinski definition) is 0. The maximum Gasteiger partial charge on any atom is 0.125 e. The highest BCUT2D eigenvalue weighted by Gasteiger charge is 2.13. The molecule has 0 radical (unpaired) electrons. The van der Waals surface area contributed by atoms with E-state index in [9.17, 15) is 0 Å². The summed E-state index contributed by atoms with van der Waals surface area (Å²) in [6, 6.07) is 25.0. The summed E-state index contributed by atoms with van der Waals surface area (Å²) in [6.45, 7) is 16.2. The first-order valence-corrected chi connectivity index (χ1v) is 18.1. The molecule has 4 rings (SSSR count). The van der Waals surface area contributed by atoms with Gasteiger partial charge in [0.25, 0.3) is 0 Å². The number of ether oxygens (including phenoxy) is 8. The van der Waals surface area contributed by atoms with Crippen molar-refractivity contribution in [3.05, 3.63) is 95.1 Å². The van der Waals surface area contributed by atoms with E-state index < -0.39 is 0 Å². The largest absolute Gasteiger partial charge is 0.494 e. The third-order valence-corrected chi connectivity index (χ3v) is 8.55. The normalized spacial score (nSPS) is 12.0. The average Bonchev–Trinajstić information content (AvgIpc) is 3.15. The molecule has 8 heteroatoms. The molecule has 0 bridgehead atoms. The molecule has 0 spiro atoms. The van der Waals surface area contributed by atoms with E-state index in [-0.39, 0.29) is 12.2 Å². The molecule has 0 aliphatic carbocycles. The zero-order valence-corrected chi connectivity index (χ0v) is 33.0. The monoisotopic (exact) mass is 716 g/mol. The van der Waals surface area contributed by atoms with Crippen molar-refractivity contribution in [2.45, 2.75) is 66.6 Å². The predicted molar refractivity (Wildman–Crippen MR) is 211 cm³/mol. The first kappa shape index (κ1) is 42.3. The molecule has 0 aliphatic rings. The minimum Gasteiger partial charge on any atom is -0.494 e. The minimum atomic E-state index is 0.0696. The highest BCUT2D eigenvalue weighted by molar-refractivity contribution is 5.70.